The molecule has 0 N–H and O–H groups in total. The minimum atomic E-state index is -1.18. The van der Waals surface area contributed by atoms with E-state index in [1.54, 1.807) is 0 Å². The fourth-order valence-electron chi connectivity index (χ4n) is 2.45. The van der Waals surface area contributed by atoms with E-state index < -0.39 is 17.4 Å². The van der Waals surface area contributed by atoms with Crippen molar-refractivity contribution in [3.63, 3.8) is 0 Å². The molecule has 0 amide bonds. The van der Waals surface area contributed by atoms with Crippen molar-refractivity contribution in [2.75, 3.05) is 14.2 Å². The van der Waals surface area contributed by atoms with Crippen LogP contribution in [0.4, 0.5) is 0 Å². The van der Waals surface area contributed by atoms with E-state index in [9.17, 15) is 9.59 Å². The zero-order valence-electron chi connectivity index (χ0n) is 12.1. The Morgan fingerprint density at radius 2 is 1.79 bits per heavy atom. The molecule has 0 atom stereocenters. The summed E-state index contributed by atoms with van der Waals surface area (Å²) < 4.78 is 9.61. The van der Waals surface area contributed by atoms with Crippen LogP contribution >= 0.6 is 0 Å². The lowest BCUT2D eigenvalue weighted by atomic mass is 9.81. The average molecular weight is 266 g/mol. The Morgan fingerprint density at radius 1 is 1.21 bits per heavy atom. The van der Waals surface area contributed by atoms with E-state index in [1.165, 1.54) is 19.8 Å². The van der Waals surface area contributed by atoms with E-state index in [2.05, 4.69) is 6.08 Å². The molecule has 0 heterocycles. The maximum atomic E-state index is 12.0. The molecule has 0 aromatic rings. The van der Waals surface area contributed by atoms with E-state index in [4.69, 9.17) is 9.47 Å². The number of carbonyl (C=O) groups excluding carboxylic acids is 2. The van der Waals surface area contributed by atoms with Crippen LogP contribution in [0.2, 0.25) is 0 Å². The van der Waals surface area contributed by atoms with E-state index in [0.29, 0.717) is 12.8 Å². The van der Waals surface area contributed by atoms with Crippen LogP contribution in [0.5, 0.6) is 0 Å². The third-order valence-corrected chi connectivity index (χ3v) is 3.41. The molecule has 4 nitrogen and oxygen atoms in total. The van der Waals surface area contributed by atoms with Crippen molar-refractivity contribution >= 4 is 11.9 Å². The first kappa shape index (κ1) is 15.5. The van der Waals surface area contributed by atoms with Crippen LogP contribution in [0.25, 0.3) is 0 Å². The maximum Gasteiger partial charge on any atom is 0.323 e. The van der Waals surface area contributed by atoms with Crippen LogP contribution in [0, 0.1) is 5.41 Å². The lowest BCUT2D eigenvalue weighted by molar-refractivity contribution is -0.169. The zero-order valence-corrected chi connectivity index (χ0v) is 12.1. The second-order valence-corrected chi connectivity index (χ2v) is 5.12. The number of hydrogen-bond acceptors (Lipinski definition) is 4. The Hall–Kier alpha value is -1.58. The van der Waals surface area contributed by atoms with Gasteiger partial charge in [0.1, 0.15) is 0 Å². The van der Waals surface area contributed by atoms with Gasteiger partial charge in [-0.2, -0.15) is 0 Å². The highest BCUT2D eigenvalue weighted by atomic mass is 16.5. The number of rotatable bonds is 3. The van der Waals surface area contributed by atoms with Gasteiger partial charge >= 0.3 is 11.9 Å². The molecule has 0 aromatic carbocycles. The van der Waals surface area contributed by atoms with E-state index in [0.717, 1.165) is 18.4 Å². The first-order chi connectivity index (χ1) is 8.96. The largest absolute Gasteiger partial charge is 0.468 e. The van der Waals surface area contributed by atoms with E-state index >= 15 is 0 Å². The van der Waals surface area contributed by atoms with Crippen LogP contribution < -0.4 is 0 Å². The number of methoxy groups -OCH3 is 2. The van der Waals surface area contributed by atoms with Gasteiger partial charge in [0.05, 0.1) is 14.2 Å². The molecule has 0 aromatic heterocycles. The summed E-state index contributed by atoms with van der Waals surface area (Å²) in [5.74, 6) is -1.01. The van der Waals surface area contributed by atoms with Crippen molar-refractivity contribution in [1.29, 1.82) is 0 Å². The standard InChI is InChI=1S/C15H22O4/c1-11(2)10-12-6-5-8-15(9-7-12,13(16)18-3)14(17)19-4/h7,10H,5-6,8-9H2,1-4H3. The molecule has 1 rings (SSSR count). The first-order valence-electron chi connectivity index (χ1n) is 6.47. The summed E-state index contributed by atoms with van der Waals surface area (Å²) in [7, 11) is 2.61. The fraction of sp³-hybridized carbons (Fsp3) is 0.600. The molecule has 0 saturated carbocycles. The minimum absolute atomic E-state index is 0.339. The molecule has 0 radical (unpaired) electrons. The van der Waals surface area contributed by atoms with Gasteiger partial charge in [0.2, 0.25) is 0 Å². The van der Waals surface area contributed by atoms with Crippen LogP contribution in [-0.2, 0) is 19.1 Å². The number of ether oxygens (including phenoxy) is 2. The molecule has 0 spiro atoms. The van der Waals surface area contributed by atoms with Gasteiger partial charge in [-0.05, 0) is 39.5 Å². The number of carbonyl (C=O) groups is 2. The van der Waals surface area contributed by atoms with Gasteiger partial charge in [0.15, 0.2) is 5.41 Å². The van der Waals surface area contributed by atoms with Crippen LogP contribution in [0.1, 0.15) is 39.5 Å². The van der Waals surface area contributed by atoms with Gasteiger partial charge in [0, 0.05) is 0 Å². The quantitative estimate of drug-likeness (QED) is 0.582. The third-order valence-electron chi connectivity index (χ3n) is 3.41. The Labute approximate surface area is 114 Å². The number of esters is 2. The van der Waals surface area contributed by atoms with Gasteiger partial charge in [-0.15, -0.1) is 0 Å². The van der Waals surface area contributed by atoms with Crippen molar-refractivity contribution in [3.8, 4) is 0 Å². The molecule has 1 aliphatic carbocycles. The molecular weight excluding hydrogens is 244 g/mol. The highest BCUT2D eigenvalue weighted by Crippen LogP contribution is 2.37. The van der Waals surface area contributed by atoms with Crippen molar-refractivity contribution in [3.05, 3.63) is 23.3 Å². The van der Waals surface area contributed by atoms with Gasteiger partial charge in [-0.3, -0.25) is 9.59 Å². The monoisotopic (exact) mass is 266 g/mol. The predicted octanol–water partition coefficient (Wildman–Crippen LogP) is 2.79. The summed E-state index contributed by atoms with van der Waals surface area (Å²) in [4.78, 5) is 24.0. The highest BCUT2D eigenvalue weighted by molar-refractivity contribution is 6.00. The Morgan fingerprint density at radius 3 is 2.26 bits per heavy atom. The molecule has 0 unspecified atom stereocenters. The van der Waals surface area contributed by atoms with Gasteiger partial charge < -0.3 is 9.47 Å². The van der Waals surface area contributed by atoms with E-state index in [-0.39, 0.29) is 0 Å². The first-order valence-corrected chi connectivity index (χ1v) is 6.47. The lowest BCUT2D eigenvalue weighted by Crippen LogP contribution is -2.40. The second-order valence-electron chi connectivity index (χ2n) is 5.12. The molecule has 1 aliphatic rings. The smallest absolute Gasteiger partial charge is 0.323 e. The summed E-state index contributed by atoms with van der Waals surface area (Å²) in [6, 6.07) is 0. The third kappa shape index (κ3) is 3.46. The Kier molecular flexibility index (Phi) is 5.33. The van der Waals surface area contributed by atoms with Crippen molar-refractivity contribution < 1.29 is 19.1 Å². The van der Waals surface area contributed by atoms with Gasteiger partial charge in [0.25, 0.3) is 0 Å². The lowest BCUT2D eigenvalue weighted by Gasteiger charge is -2.25. The second kappa shape index (κ2) is 6.55. The summed E-state index contributed by atoms with van der Waals surface area (Å²) >= 11 is 0. The summed E-state index contributed by atoms with van der Waals surface area (Å²) in [5.41, 5.74) is 1.19. The maximum absolute atomic E-state index is 12.0. The normalized spacial score (nSPS) is 17.8. The molecule has 0 fully saturated rings. The molecule has 0 aliphatic heterocycles. The molecule has 19 heavy (non-hydrogen) atoms. The molecule has 4 heteroatoms. The molecule has 106 valence electrons. The molecule has 0 bridgehead atoms. The molecular formula is C15H22O4. The SMILES string of the molecule is COC(=O)C1(C(=O)OC)CC=C(C=C(C)C)CCC1. The van der Waals surface area contributed by atoms with Crippen LogP contribution in [-0.4, -0.2) is 26.2 Å². The number of hydrogen-bond donors (Lipinski definition) is 0. The average Bonchev–Trinajstić information content (AvgIpc) is 2.60. The summed E-state index contributed by atoms with van der Waals surface area (Å²) in [5, 5.41) is 0. The van der Waals surface area contributed by atoms with Crippen LogP contribution in [0.15, 0.2) is 23.3 Å². The van der Waals surface area contributed by atoms with Crippen LogP contribution in [0.3, 0.4) is 0 Å². The minimum Gasteiger partial charge on any atom is -0.468 e. The fourth-order valence-corrected chi connectivity index (χ4v) is 2.45. The summed E-state index contributed by atoms with van der Waals surface area (Å²) in [6.45, 7) is 4.05. The zero-order chi connectivity index (χ0) is 14.5. The van der Waals surface area contributed by atoms with Crippen molar-refractivity contribution in [2.24, 2.45) is 5.41 Å². The predicted molar refractivity (Wildman–Crippen MR) is 72.4 cm³/mol. The van der Waals surface area contributed by atoms with E-state index in [1.807, 2.05) is 19.9 Å². The van der Waals surface area contributed by atoms with Crippen molar-refractivity contribution in [2.45, 2.75) is 39.5 Å². The summed E-state index contributed by atoms with van der Waals surface area (Å²) in [6.07, 6.45) is 6.47. The highest BCUT2D eigenvalue weighted by Gasteiger charge is 2.47. The van der Waals surface area contributed by atoms with Crippen molar-refractivity contribution in [1.82, 2.24) is 0 Å². The topological polar surface area (TPSA) is 52.6 Å². The Balaban J connectivity index is 3.08. The van der Waals surface area contributed by atoms with Gasteiger partial charge in [-0.1, -0.05) is 23.3 Å². The molecule has 0 saturated heterocycles. The Bertz CT molecular complexity index is 398. The number of allylic oxidation sites excluding steroid dienone is 4. The van der Waals surface area contributed by atoms with Gasteiger partial charge in [-0.25, -0.2) is 0 Å².